The molecular weight excluding hydrogens is 288 g/mol. The van der Waals surface area contributed by atoms with Gasteiger partial charge in [0, 0.05) is 10.0 Å². The summed E-state index contributed by atoms with van der Waals surface area (Å²) in [5, 5.41) is 9.05. The van der Waals surface area contributed by atoms with E-state index in [2.05, 4.69) is 15.9 Å². The van der Waals surface area contributed by atoms with Gasteiger partial charge >= 0.3 is 5.97 Å². The lowest BCUT2D eigenvalue weighted by atomic mass is 9.98. The Bertz CT molecular complexity index is 443. The van der Waals surface area contributed by atoms with Crippen molar-refractivity contribution in [3.63, 3.8) is 0 Å². The molecule has 1 atom stereocenters. The maximum absolute atomic E-state index is 11.0. The molecule has 0 saturated heterocycles. The molecule has 1 N–H and O–H groups in total. The van der Waals surface area contributed by atoms with Crippen LogP contribution in [0.5, 0.6) is 11.5 Å². The van der Waals surface area contributed by atoms with Gasteiger partial charge in [-0.05, 0) is 25.5 Å². The van der Waals surface area contributed by atoms with Crippen molar-refractivity contribution >= 4 is 21.9 Å². The summed E-state index contributed by atoms with van der Waals surface area (Å²) < 4.78 is 11.2. The molecule has 0 aliphatic heterocycles. The highest BCUT2D eigenvalue weighted by molar-refractivity contribution is 9.10. The van der Waals surface area contributed by atoms with Crippen LogP contribution >= 0.6 is 15.9 Å². The molecule has 0 bridgehead atoms. The van der Waals surface area contributed by atoms with E-state index in [9.17, 15) is 4.79 Å². The van der Waals surface area contributed by atoms with Gasteiger partial charge in [0.2, 0.25) is 0 Å². The van der Waals surface area contributed by atoms with Crippen LogP contribution in [0.2, 0.25) is 0 Å². The number of aliphatic carboxylic acids is 1. The van der Waals surface area contributed by atoms with Gasteiger partial charge in [-0.3, -0.25) is 4.79 Å². The molecule has 0 aromatic heterocycles. The Balaban J connectivity index is 3.44. The highest BCUT2D eigenvalue weighted by Crippen LogP contribution is 2.40. The van der Waals surface area contributed by atoms with Crippen molar-refractivity contribution in [1.82, 2.24) is 0 Å². The van der Waals surface area contributed by atoms with Gasteiger partial charge in [-0.2, -0.15) is 0 Å². The Morgan fingerprint density at radius 1 is 1.41 bits per heavy atom. The average molecular weight is 303 g/mol. The third kappa shape index (κ3) is 2.54. The fourth-order valence-electron chi connectivity index (χ4n) is 1.62. The first-order chi connectivity index (χ1) is 7.93. The van der Waals surface area contributed by atoms with Crippen LogP contribution in [0.3, 0.4) is 0 Å². The van der Waals surface area contributed by atoms with Gasteiger partial charge in [-0.1, -0.05) is 15.9 Å². The van der Waals surface area contributed by atoms with Gasteiger partial charge in [0.15, 0.2) is 11.5 Å². The zero-order valence-electron chi connectivity index (χ0n) is 10.2. The lowest BCUT2D eigenvalue weighted by Gasteiger charge is -2.17. The second-order valence-electron chi connectivity index (χ2n) is 3.70. The number of methoxy groups -OCH3 is 2. The molecule has 4 nitrogen and oxygen atoms in total. The van der Waals surface area contributed by atoms with E-state index in [0.29, 0.717) is 17.1 Å². The Hall–Kier alpha value is -1.23. The average Bonchev–Trinajstić information content (AvgIpc) is 2.31. The number of carboxylic acids is 1. The summed E-state index contributed by atoms with van der Waals surface area (Å²) in [6, 6.07) is 1.69. The lowest BCUT2D eigenvalue weighted by Crippen LogP contribution is -2.09. The van der Waals surface area contributed by atoms with Gasteiger partial charge in [0.1, 0.15) is 0 Å². The summed E-state index contributed by atoms with van der Waals surface area (Å²) in [6.45, 7) is 3.48. The van der Waals surface area contributed by atoms with E-state index in [-0.39, 0.29) is 0 Å². The van der Waals surface area contributed by atoms with Crippen molar-refractivity contribution in [2.75, 3.05) is 14.2 Å². The lowest BCUT2D eigenvalue weighted by molar-refractivity contribution is -0.138. The van der Waals surface area contributed by atoms with Gasteiger partial charge in [0.25, 0.3) is 0 Å². The summed E-state index contributed by atoms with van der Waals surface area (Å²) in [4.78, 5) is 11.0. The summed E-state index contributed by atoms with van der Waals surface area (Å²) in [5.74, 6) is -0.336. The van der Waals surface area contributed by atoms with Gasteiger partial charge in [0.05, 0.1) is 20.1 Å². The Labute approximate surface area is 109 Å². The maximum Gasteiger partial charge on any atom is 0.310 e. The van der Waals surface area contributed by atoms with Crippen LogP contribution in [0.4, 0.5) is 0 Å². The minimum Gasteiger partial charge on any atom is -0.493 e. The van der Waals surface area contributed by atoms with E-state index in [0.717, 1.165) is 10.0 Å². The number of hydrogen-bond acceptors (Lipinski definition) is 3. The number of halogens is 1. The van der Waals surface area contributed by atoms with Crippen LogP contribution in [0.25, 0.3) is 0 Å². The van der Waals surface area contributed by atoms with Crippen molar-refractivity contribution in [3.05, 3.63) is 21.7 Å². The normalized spacial score (nSPS) is 12.1. The van der Waals surface area contributed by atoms with Crippen molar-refractivity contribution in [1.29, 1.82) is 0 Å². The first kappa shape index (κ1) is 13.8. The minimum atomic E-state index is -0.877. The van der Waals surface area contributed by atoms with Crippen LogP contribution in [0.15, 0.2) is 10.5 Å². The Kier molecular flexibility index (Phi) is 4.40. The summed E-state index contributed by atoms with van der Waals surface area (Å²) in [6.07, 6.45) is 0. The first-order valence-electron chi connectivity index (χ1n) is 5.07. The van der Waals surface area contributed by atoms with E-state index in [1.807, 2.05) is 6.92 Å². The molecular formula is C12H15BrO4. The highest BCUT2D eigenvalue weighted by Gasteiger charge is 2.22. The number of rotatable bonds is 4. The maximum atomic E-state index is 11.0. The number of hydrogen-bond donors (Lipinski definition) is 1. The fraction of sp³-hybridized carbons (Fsp3) is 0.417. The number of ether oxygens (including phenoxy) is 2. The molecule has 0 aliphatic rings. The number of carboxylic acid groups (broad SMARTS) is 1. The molecule has 0 radical (unpaired) electrons. The summed E-state index contributed by atoms with van der Waals surface area (Å²) in [7, 11) is 3.08. The molecule has 1 unspecified atom stereocenters. The largest absolute Gasteiger partial charge is 0.493 e. The quantitative estimate of drug-likeness (QED) is 0.929. The number of benzene rings is 1. The molecule has 0 spiro atoms. The molecule has 17 heavy (non-hydrogen) atoms. The van der Waals surface area contributed by atoms with Crippen LogP contribution in [-0.2, 0) is 4.79 Å². The van der Waals surface area contributed by atoms with Crippen LogP contribution < -0.4 is 9.47 Å². The van der Waals surface area contributed by atoms with Gasteiger partial charge < -0.3 is 14.6 Å². The molecule has 5 heteroatoms. The van der Waals surface area contributed by atoms with E-state index in [1.54, 1.807) is 20.1 Å². The zero-order valence-corrected chi connectivity index (χ0v) is 11.8. The minimum absolute atomic E-state index is 0.538. The smallest absolute Gasteiger partial charge is 0.310 e. The van der Waals surface area contributed by atoms with Crippen molar-refractivity contribution in [2.24, 2.45) is 0 Å². The molecule has 1 aromatic rings. The highest BCUT2D eigenvalue weighted by atomic mass is 79.9. The standard InChI is InChI=1S/C12H15BrO4/c1-6(12(14)15)8-5-9(16-3)11(17-4)7(2)10(8)13/h5-6H,1-4H3,(H,14,15). The fourth-order valence-corrected chi connectivity index (χ4v) is 2.26. The molecule has 0 aliphatic carbocycles. The second-order valence-corrected chi connectivity index (χ2v) is 4.49. The molecule has 1 rings (SSSR count). The third-order valence-corrected chi connectivity index (χ3v) is 3.75. The van der Waals surface area contributed by atoms with Crippen molar-refractivity contribution in [3.8, 4) is 11.5 Å². The summed E-state index contributed by atoms with van der Waals surface area (Å²) >= 11 is 3.41. The van der Waals surface area contributed by atoms with Crippen LogP contribution in [0.1, 0.15) is 24.0 Å². The van der Waals surface area contributed by atoms with E-state index in [1.165, 1.54) is 7.11 Å². The van der Waals surface area contributed by atoms with Crippen LogP contribution in [-0.4, -0.2) is 25.3 Å². The Morgan fingerprint density at radius 2 is 2.00 bits per heavy atom. The van der Waals surface area contributed by atoms with Crippen molar-refractivity contribution in [2.45, 2.75) is 19.8 Å². The monoisotopic (exact) mass is 302 g/mol. The second kappa shape index (κ2) is 5.40. The molecule has 94 valence electrons. The van der Waals surface area contributed by atoms with Crippen LogP contribution in [0, 0.1) is 6.92 Å². The predicted octanol–water partition coefficient (Wildman–Crippen LogP) is 2.96. The SMILES string of the molecule is COc1cc(C(C)C(=O)O)c(Br)c(C)c1OC. The predicted molar refractivity (Wildman–Crippen MR) is 68.0 cm³/mol. The van der Waals surface area contributed by atoms with Crippen molar-refractivity contribution < 1.29 is 19.4 Å². The van der Waals surface area contributed by atoms with E-state index < -0.39 is 11.9 Å². The summed E-state index contributed by atoms with van der Waals surface area (Å²) in [5.41, 5.74) is 1.50. The van der Waals surface area contributed by atoms with Gasteiger partial charge in [-0.15, -0.1) is 0 Å². The zero-order chi connectivity index (χ0) is 13.2. The topological polar surface area (TPSA) is 55.8 Å². The van der Waals surface area contributed by atoms with E-state index in [4.69, 9.17) is 14.6 Å². The van der Waals surface area contributed by atoms with Gasteiger partial charge in [-0.25, -0.2) is 0 Å². The molecule has 0 fully saturated rings. The Morgan fingerprint density at radius 3 is 2.41 bits per heavy atom. The first-order valence-corrected chi connectivity index (χ1v) is 5.87. The molecule has 1 aromatic carbocycles. The number of carbonyl (C=O) groups is 1. The molecule has 0 heterocycles. The molecule has 0 amide bonds. The molecule has 0 saturated carbocycles. The third-order valence-electron chi connectivity index (χ3n) is 2.69. The van der Waals surface area contributed by atoms with E-state index >= 15 is 0 Å².